The lowest BCUT2D eigenvalue weighted by molar-refractivity contribution is 0.0524. The Balaban J connectivity index is 2.33. The van der Waals surface area contributed by atoms with Crippen LogP contribution in [0.4, 0.5) is 0 Å². The number of ether oxygens (including phenoxy) is 1. The van der Waals surface area contributed by atoms with Crippen molar-refractivity contribution < 1.29 is 14.3 Å². The maximum Gasteiger partial charge on any atom is 0.275 e. The Hall–Kier alpha value is -2.66. The van der Waals surface area contributed by atoms with Gasteiger partial charge in [-0.3, -0.25) is 9.59 Å². The second-order valence-corrected chi connectivity index (χ2v) is 9.59. The van der Waals surface area contributed by atoms with Gasteiger partial charge in [0, 0.05) is 23.2 Å². The Kier molecular flexibility index (Phi) is 9.02. The fourth-order valence-corrected chi connectivity index (χ4v) is 3.88. The number of carbonyl (C=O) groups is 2. The Morgan fingerprint density at radius 3 is 2.22 bits per heavy atom. The van der Waals surface area contributed by atoms with Crippen LogP contribution in [0.1, 0.15) is 84.4 Å². The summed E-state index contributed by atoms with van der Waals surface area (Å²) in [5.41, 5.74) is 7.14. The number of methoxy groups -OCH3 is 1. The number of hydrazine groups is 1. The molecule has 0 atom stereocenters. The molecule has 0 spiro atoms. The average Bonchev–Trinajstić information content (AvgIpc) is 2.73. The summed E-state index contributed by atoms with van der Waals surface area (Å²) >= 11 is 0. The number of rotatable bonds is 9. The largest absolute Gasteiger partial charge is 0.496 e. The van der Waals surface area contributed by atoms with E-state index in [1.807, 2.05) is 45.0 Å². The summed E-state index contributed by atoms with van der Waals surface area (Å²) in [6.45, 7) is 13.1. The lowest BCUT2D eigenvalue weighted by Gasteiger charge is -2.24. The molecule has 0 heterocycles. The third kappa shape index (κ3) is 6.92. The van der Waals surface area contributed by atoms with Crippen molar-refractivity contribution in [2.75, 3.05) is 13.7 Å². The Labute approximate surface area is 193 Å². The predicted octanol–water partition coefficient (Wildman–Crippen LogP) is 5.88. The summed E-state index contributed by atoms with van der Waals surface area (Å²) in [7, 11) is 1.59. The SMILES string of the molecule is CCc1c(OC)cccc1C(=O)N(NCCCCC(C)(C)C)C(=O)c1cc(C)cc(C)c1. The van der Waals surface area contributed by atoms with Gasteiger partial charge in [0.25, 0.3) is 11.8 Å². The van der Waals surface area contributed by atoms with E-state index in [1.54, 1.807) is 19.2 Å². The molecule has 0 aliphatic rings. The number of benzene rings is 2. The monoisotopic (exact) mass is 438 g/mol. The number of carbonyl (C=O) groups excluding carboxylic acids is 2. The first-order valence-corrected chi connectivity index (χ1v) is 11.4. The van der Waals surface area contributed by atoms with Crippen LogP contribution in [0.25, 0.3) is 0 Å². The van der Waals surface area contributed by atoms with Crippen molar-refractivity contribution in [3.05, 3.63) is 64.2 Å². The molecular formula is C27H38N2O3. The predicted molar refractivity (Wildman–Crippen MR) is 130 cm³/mol. The highest BCUT2D eigenvalue weighted by Gasteiger charge is 2.27. The third-order valence-corrected chi connectivity index (χ3v) is 5.44. The summed E-state index contributed by atoms with van der Waals surface area (Å²) in [4.78, 5) is 27.0. The Morgan fingerprint density at radius 1 is 1.00 bits per heavy atom. The van der Waals surface area contributed by atoms with Crippen molar-refractivity contribution in [2.45, 2.75) is 67.2 Å². The van der Waals surface area contributed by atoms with E-state index in [-0.39, 0.29) is 17.2 Å². The van der Waals surface area contributed by atoms with Crippen LogP contribution in [0, 0.1) is 19.3 Å². The molecule has 2 aromatic carbocycles. The van der Waals surface area contributed by atoms with Gasteiger partial charge < -0.3 is 4.74 Å². The van der Waals surface area contributed by atoms with Gasteiger partial charge in [0.2, 0.25) is 0 Å². The van der Waals surface area contributed by atoms with Crippen molar-refractivity contribution in [3.63, 3.8) is 0 Å². The normalized spacial score (nSPS) is 11.3. The lowest BCUT2D eigenvalue weighted by atomic mass is 9.90. The molecule has 0 bridgehead atoms. The molecule has 0 radical (unpaired) electrons. The quantitative estimate of drug-likeness (QED) is 0.302. The van der Waals surface area contributed by atoms with Gasteiger partial charge in [0.15, 0.2) is 0 Å². The molecule has 0 saturated heterocycles. The minimum Gasteiger partial charge on any atom is -0.496 e. The van der Waals surface area contributed by atoms with Gasteiger partial charge in [0.1, 0.15) is 5.75 Å². The third-order valence-electron chi connectivity index (χ3n) is 5.44. The summed E-state index contributed by atoms with van der Waals surface area (Å²) in [5.74, 6) is -0.0504. The molecule has 2 amide bonds. The standard InChI is InChI=1S/C27H38N2O3/c1-8-22-23(12-11-13-24(22)32-7)26(31)29(28-15-10-9-14-27(4,5)6)25(30)21-17-19(2)16-20(3)18-21/h11-13,16-18,28H,8-10,14-15H2,1-7H3. The average molecular weight is 439 g/mol. The maximum absolute atomic E-state index is 13.6. The molecule has 0 aliphatic heterocycles. The maximum atomic E-state index is 13.6. The number of nitrogens with zero attached hydrogens (tertiary/aromatic N) is 1. The molecule has 5 heteroatoms. The molecule has 0 fully saturated rings. The fourth-order valence-electron chi connectivity index (χ4n) is 3.88. The topological polar surface area (TPSA) is 58.6 Å². The van der Waals surface area contributed by atoms with E-state index < -0.39 is 0 Å². The van der Waals surface area contributed by atoms with E-state index in [1.165, 1.54) is 5.01 Å². The number of imide groups is 1. The first-order valence-electron chi connectivity index (χ1n) is 11.4. The van der Waals surface area contributed by atoms with Gasteiger partial charge in [-0.15, -0.1) is 0 Å². The van der Waals surface area contributed by atoms with E-state index in [2.05, 4.69) is 26.2 Å². The van der Waals surface area contributed by atoms with Crippen molar-refractivity contribution in [3.8, 4) is 5.75 Å². The van der Waals surface area contributed by atoms with Crippen molar-refractivity contribution >= 4 is 11.8 Å². The van der Waals surface area contributed by atoms with Crippen LogP contribution in [0.2, 0.25) is 0 Å². The molecule has 5 nitrogen and oxygen atoms in total. The zero-order chi connectivity index (χ0) is 23.9. The number of unbranched alkanes of at least 4 members (excludes halogenated alkanes) is 1. The minimum atomic E-state index is -0.360. The number of aryl methyl sites for hydroxylation is 2. The molecule has 0 saturated carbocycles. The number of amides is 2. The van der Waals surface area contributed by atoms with E-state index >= 15 is 0 Å². The molecule has 0 aromatic heterocycles. The second kappa shape index (κ2) is 11.3. The number of nitrogens with one attached hydrogen (secondary N) is 1. The summed E-state index contributed by atoms with van der Waals surface area (Å²) in [6.07, 6.45) is 3.61. The van der Waals surface area contributed by atoms with Crippen LogP contribution in [0.5, 0.6) is 5.75 Å². The van der Waals surface area contributed by atoms with Crippen LogP contribution in [-0.2, 0) is 6.42 Å². The molecule has 0 aliphatic carbocycles. The summed E-state index contributed by atoms with van der Waals surface area (Å²) < 4.78 is 5.45. The van der Waals surface area contributed by atoms with Gasteiger partial charge >= 0.3 is 0 Å². The molecule has 174 valence electrons. The van der Waals surface area contributed by atoms with Gasteiger partial charge in [0.05, 0.1) is 7.11 Å². The van der Waals surface area contributed by atoms with Crippen LogP contribution < -0.4 is 10.2 Å². The van der Waals surface area contributed by atoms with Gasteiger partial charge in [-0.1, -0.05) is 57.4 Å². The zero-order valence-electron chi connectivity index (χ0n) is 20.7. The van der Waals surface area contributed by atoms with E-state index in [0.717, 1.165) is 36.0 Å². The number of hydrogen-bond donors (Lipinski definition) is 1. The zero-order valence-corrected chi connectivity index (χ0v) is 20.7. The minimum absolute atomic E-state index is 0.265. The first kappa shape index (κ1) is 25.6. The highest BCUT2D eigenvalue weighted by molar-refractivity contribution is 6.10. The van der Waals surface area contributed by atoms with Crippen LogP contribution in [0.3, 0.4) is 0 Å². The highest BCUT2D eigenvalue weighted by atomic mass is 16.5. The molecule has 0 unspecified atom stereocenters. The van der Waals surface area contributed by atoms with Crippen LogP contribution >= 0.6 is 0 Å². The van der Waals surface area contributed by atoms with E-state index in [0.29, 0.717) is 29.8 Å². The highest BCUT2D eigenvalue weighted by Crippen LogP contribution is 2.25. The molecule has 2 rings (SSSR count). The van der Waals surface area contributed by atoms with Gasteiger partial charge in [-0.25, -0.2) is 10.4 Å². The Morgan fingerprint density at radius 2 is 1.66 bits per heavy atom. The van der Waals surface area contributed by atoms with Crippen LogP contribution in [0.15, 0.2) is 36.4 Å². The lowest BCUT2D eigenvalue weighted by Crippen LogP contribution is -2.47. The van der Waals surface area contributed by atoms with Gasteiger partial charge in [-0.05, 0) is 62.8 Å². The molecule has 32 heavy (non-hydrogen) atoms. The number of hydrogen-bond acceptors (Lipinski definition) is 4. The second-order valence-electron chi connectivity index (χ2n) is 9.59. The fraction of sp³-hybridized carbons (Fsp3) is 0.481. The smallest absolute Gasteiger partial charge is 0.275 e. The van der Waals surface area contributed by atoms with Crippen LogP contribution in [-0.4, -0.2) is 30.5 Å². The summed E-state index contributed by atoms with van der Waals surface area (Å²) in [6, 6.07) is 11.0. The summed E-state index contributed by atoms with van der Waals surface area (Å²) in [5, 5.41) is 1.18. The molecular weight excluding hydrogens is 400 g/mol. The Bertz CT molecular complexity index is 924. The van der Waals surface area contributed by atoms with Crippen molar-refractivity contribution in [1.82, 2.24) is 10.4 Å². The molecule has 1 N–H and O–H groups in total. The first-order chi connectivity index (χ1) is 15.1. The van der Waals surface area contributed by atoms with Crippen molar-refractivity contribution in [2.24, 2.45) is 5.41 Å². The van der Waals surface area contributed by atoms with E-state index in [4.69, 9.17) is 4.74 Å². The molecule has 2 aromatic rings. The van der Waals surface area contributed by atoms with Crippen molar-refractivity contribution in [1.29, 1.82) is 0 Å². The van der Waals surface area contributed by atoms with Gasteiger partial charge in [-0.2, -0.15) is 0 Å². The van der Waals surface area contributed by atoms with E-state index in [9.17, 15) is 9.59 Å².